The minimum absolute atomic E-state index is 0.226. The molecule has 0 radical (unpaired) electrons. The Morgan fingerprint density at radius 1 is 1.12 bits per heavy atom. The van der Waals surface area contributed by atoms with Crippen LogP contribution in [0.5, 0.6) is 0 Å². The van der Waals surface area contributed by atoms with Crippen LogP contribution >= 0.6 is 0 Å². The van der Waals surface area contributed by atoms with E-state index < -0.39 is 0 Å². The van der Waals surface area contributed by atoms with Crippen molar-refractivity contribution in [3.8, 4) is 22.5 Å². The number of fused-ring (bicyclic) bond motifs is 1. The number of nitrogens with one attached hydrogen (secondary N) is 1. The topological polar surface area (TPSA) is 55.6 Å². The van der Waals surface area contributed by atoms with Gasteiger partial charge in [0, 0.05) is 35.5 Å². The second-order valence-electron chi connectivity index (χ2n) is 6.55. The zero-order valence-corrected chi connectivity index (χ0v) is 14.3. The summed E-state index contributed by atoms with van der Waals surface area (Å²) in [6, 6.07) is 6.67. The molecule has 25 heavy (non-hydrogen) atoms. The summed E-state index contributed by atoms with van der Waals surface area (Å²) in [7, 11) is 0. The summed E-state index contributed by atoms with van der Waals surface area (Å²) in [5, 5.41) is 8.09. The van der Waals surface area contributed by atoms with Crippen LogP contribution in [0.2, 0.25) is 0 Å². The molecule has 0 aliphatic carbocycles. The van der Waals surface area contributed by atoms with Crippen LogP contribution in [0.25, 0.3) is 22.5 Å². The summed E-state index contributed by atoms with van der Waals surface area (Å²) in [6.07, 6.45) is 5.61. The standard InChI is InChI=1S/C19H20FN5/c1-12(2)25-10-16(17(24-25)13-5-7-14(20)8-6-13)18-15-4-3-9-21-19(15)23-11-22-18/h5-8,10-12H,3-4,9H2,1-2H3,(H,21,22,23). The van der Waals surface area contributed by atoms with Crippen LogP contribution in [0.15, 0.2) is 36.8 Å². The zero-order chi connectivity index (χ0) is 17.4. The highest BCUT2D eigenvalue weighted by Crippen LogP contribution is 2.35. The van der Waals surface area contributed by atoms with E-state index in [0.29, 0.717) is 0 Å². The predicted octanol–water partition coefficient (Wildman–Crippen LogP) is 4.09. The highest BCUT2D eigenvalue weighted by molar-refractivity contribution is 5.81. The maximum atomic E-state index is 13.3. The van der Waals surface area contributed by atoms with Crippen molar-refractivity contribution in [1.82, 2.24) is 19.7 Å². The first-order chi connectivity index (χ1) is 12.1. The van der Waals surface area contributed by atoms with Gasteiger partial charge in [0.05, 0.1) is 5.69 Å². The average molecular weight is 337 g/mol. The molecular formula is C19H20FN5. The van der Waals surface area contributed by atoms with E-state index in [1.165, 1.54) is 12.1 Å². The monoisotopic (exact) mass is 337 g/mol. The summed E-state index contributed by atoms with van der Waals surface area (Å²) in [6.45, 7) is 5.10. The lowest BCUT2D eigenvalue weighted by Gasteiger charge is -2.18. The summed E-state index contributed by atoms with van der Waals surface area (Å²) in [5.41, 5.74) is 4.69. The van der Waals surface area contributed by atoms with E-state index >= 15 is 0 Å². The Bertz CT molecular complexity index is 899. The van der Waals surface area contributed by atoms with Gasteiger partial charge in [-0.25, -0.2) is 14.4 Å². The molecule has 0 amide bonds. The van der Waals surface area contributed by atoms with E-state index in [1.807, 2.05) is 10.9 Å². The highest BCUT2D eigenvalue weighted by Gasteiger charge is 2.22. The van der Waals surface area contributed by atoms with Gasteiger partial charge < -0.3 is 5.32 Å². The fraction of sp³-hybridized carbons (Fsp3) is 0.316. The van der Waals surface area contributed by atoms with Crippen LogP contribution < -0.4 is 5.32 Å². The lowest BCUT2D eigenvalue weighted by atomic mass is 9.98. The number of hydrogen-bond donors (Lipinski definition) is 1. The molecule has 5 nitrogen and oxygen atoms in total. The maximum Gasteiger partial charge on any atom is 0.133 e. The first-order valence-electron chi connectivity index (χ1n) is 8.56. The van der Waals surface area contributed by atoms with Gasteiger partial charge in [-0.1, -0.05) is 0 Å². The molecule has 1 aromatic carbocycles. The summed E-state index contributed by atoms with van der Waals surface area (Å²) < 4.78 is 15.3. The van der Waals surface area contributed by atoms with Crippen LogP contribution in [0, 0.1) is 5.82 Å². The Balaban J connectivity index is 1.91. The Morgan fingerprint density at radius 2 is 1.92 bits per heavy atom. The molecule has 0 atom stereocenters. The summed E-state index contributed by atoms with van der Waals surface area (Å²) in [5.74, 6) is 0.649. The van der Waals surface area contributed by atoms with Gasteiger partial charge in [-0.15, -0.1) is 0 Å². The average Bonchev–Trinajstić information content (AvgIpc) is 3.07. The van der Waals surface area contributed by atoms with E-state index in [1.54, 1.807) is 18.5 Å². The SMILES string of the molecule is CC(C)n1cc(-c2ncnc3c2CCCN3)c(-c2ccc(F)cc2)n1. The molecule has 6 heteroatoms. The van der Waals surface area contributed by atoms with Gasteiger partial charge in [-0.2, -0.15) is 5.10 Å². The van der Waals surface area contributed by atoms with Crippen LogP contribution in [-0.4, -0.2) is 26.3 Å². The molecule has 1 aliphatic rings. The summed E-state index contributed by atoms with van der Waals surface area (Å²) >= 11 is 0. The second-order valence-corrected chi connectivity index (χ2v) is 6.55. The molecule has 0 spiro atoms. The quantitative estimate of drug-likeness (QED) is 0.782. The van der Waals surface area contributed by atoms with Gasteiger partial charge in [0.15, 0.2) is 0 Å². The fourth-order valence-electron chi connectivity index (χ4n) is 3.16. The van der Waals surface area contributed by atoms with Crippen molar-refractivity contribution >= 4 is 5.82 Å². The highest BCUT2D eigenvalue weighted by atomic mass is 19.1. The van der Waals surface area contributed by atoms with Crippen molar-refractivity contribution < 1.29 is 4.39 Å². The third-order valence-corrected chi connectivity index (χ3v) is 4.48. The van der Waals surface area contributed by atoms with Crippen molar-refractivity contribution in [2.75, 3.05) is 11.9 Å². The van der Waals surface area contributed by atoms with Crippen molar-refractivity contribution in [3.05, 3.63) is 48.2 Å². The second kappa shape index (κ2) is 6.27. The van der Waals surface area contributed by atoms with Crippen molar-refractivity contribution in [3.63, 3.8) is 0 Å². The molecule has 0 saturated heterocycles. The fourth-order valence-corrected chi connectivity index (χ4v) is 3.16. The number of anilines is 1. The lowest BCUT2D eigenvalue weighted by molar-refractivity contribution is 0.534. The van der Waals surface area contributed by atoms with E-state index in [-0.39, 0.29) is 11.9 Å². The van der Waals surface area contributed by atoms with Gasteiger partial charge >= 0.3 is 0 Å². The smallest absolute Gasteiger partial charge is 0.133 e. The van der Waals surface area contributed by atoms with Crippen molar-refractivity contribution in [2.45, 2.75) is 32.7 Å². The first kappa shape index (κ1) is 15.7. The largest absolute Gasteiger partial charge is 0.370 e. The van der Waals surface area contributed by atoms with Gasteiger partial charge in [0.1, 0.15) is 23.7 Å². The molecule has 3 heterocycles. The molecule has 2 aromatic heterocycles. The van der Waals surface area contributed by atoms with Gasteiger partial charge in [0.25, 0.3) is 0 Å². The molecular weight excluding hydrogens is 317 g/mol. The normalized spacial score (nSPS) is 13.6. The number of nitrogens with zero attached hydrogens (tertiary/aromatic N) is 4. The Morgan fingerprint density at radius 3 is 2.68 bits per heavy atom. The molecule has 3 aromatic rings. The number of aromatic nitrogens is 4. The third-order valence-electron chi connectivity index (χ3n) is 4.48. The van der Waals surface area contributed by atoms with E-state index in [4.69, 9.17) is 5.10 Å². The molecule has 1 N–H and O–H groups in total. The minimum Gasteiger partial charge on any atom is -0.370 e. The number of hydrogen-bond acceptors (Lipinski definition) is 4. The molecule has 0 unspecified atom stereocenters. The maximum absolute atomic E-state index is 13.3. The van der Waals surface area contributed by atoms with Crippen LogP contribution in [0.1, 0.15) is 31.9 Å². The lowest BCUT2D eigenvalue weighted by Crippen LogP contribution is -2.15. The number of benzene rings is 1. The molecule has 0 fully saturated rings. The van der Waals surface area contributed by atoms with Gasteiger partial charge in [-0.3, -0.25) is 4.68 Å². The zero-order valence-electron chi connectivity index (χ0n) is 14.3. The van der Waals surface area contributed by atoms with Crippen molar-refractivity contribution in [1.29, 1.82) is 0 Å². The molecule has 0 saturated carbocycles. The number of halogens is 1. The van der Waals surface area contributed by atoms with Gasteiger partial charge in [0.2, 0.25) is 0 Å². The van der Waals surface area contributed by atoms with E-state index in [9.17, 15) is 4.39 Å². The minimum atomic E-state index is -0.253. The van der Waals surface area contributed by atoms with E-state index in [2.05, 4.69) is 29.1 Å². The molecule has 4 rings (SSSR count). The number of rotatable bonds is 3. The van der Waals surface area contributed by atoms with Crippen LogP contribution in [0.4, 0.5) is 10.2 Å². The Labute approximate surface area is 145 Å². The van der Waals surface area contributed by atoms with Gasteiger partial charge in [-0.05, 0) is 51.0 Å². The van der Waals surface area contributed by atoms with E-state index in [0.717, 1.165) is 53.3 Å². The Hall–Kier alpha value is -2.76. The Kier molecular flexibility index (Phi) is 3.95. The third kappa shape index (κ3) is 2.88. The van der Waals surface area contributed by atoms with Crippen molar-refractivity contribution in [2.24, 2.45) is 0 Å². The molecule has 0 bridgehead atoms. The van der Waals surface area contributed by atoms with Crippen LogP contribution in [0.3, 0.4) is 0 Å². The molecule has 1 aliphatic heterocycles. The predicted molar refractivity (Wildman–Crippen MR) is 95.8 cm³/mol. The summed E-state index contributed by atoms with van der Waals surface area (Å²) in [4.78, 5) is 8.92. The first-order valence-corrected chi connectivity index (χ1v) is 8.56. The molecule has 128 valence electrons. The van der Waals surface area contributed by atoms with Crippen LogP contribution in [-0.2, 0) is 6.42 Å².